The predicted octanol–water partition coefficient (Wildman–Crippen LogP) is 4.22. The van der Waals surface area contributed by atoms with Gasteiger partial charge < -0.3 is 5.32 Å². The van der Waals surface area contributed by atoms with E-state index in [1.165, 1.54) is 4.90 Å². The minimum Gasteiger partial charge on any atom is -0.350 e. The van der Waals surface area contributed by atoms with E-state index in [1.807, 2.05) is 43.3 Å². The largest absolute Gasteiger partial charge is 0.350 e. The number of carbonyl (C=O) groups excluding carboxylic acids is 2. The molecule has 2 amide bonds. The Hall–Kier alpha value is -3.51. The summed E-state index contributed by atoms with van der Waals surface area (Å²) < 4.78 is 0. The van der Waals surface area contributed by atoms with Crippen LogP contribution < -0.4 is 10.2 Å². The van der Waals surface area contributed by atoms with Crippen LogP contribution in [0.1, 0.15) is 23.1 Å². The second kappa shape index (κ2) is 9.10. The Bertz CT molecular complexity index is 1160. The molecule has 1 aliphatic heterocycles. The van der Waals surface area contributed by atoms with Crippen molar-refractivity contribution in [1.29, 1.82) is 0 Å². The molecule has 0 aliphatic carbocycles. The van der Waals surface area contributed by atoms with Crippen molar-refractivity contribution in [3.63, 3.8) is 0 Å². The first kappa shape index (κ1) is 20.8. The fourth-order valence-electron chi connectivity index (χ4n) is 3.33. The van der Waals surface area contributed by atoms with Gasteiger partial charge in [0.15, 0.2) is 5.82 Å². The van der Waals surface area contributed by atoms with Crippen molar-refractivity contribution in [2.75, 3.05) is 11.4 Å². The van der Waals surface area contributed by atoms with Gasteiger partial charge >= 0.3 is 0 Å². The van der Waals surface area contributed by atoms with E-state index >= 15 is 0 Å². The lowest BCUT2D eigenvalue weighted by atomic mass is 10.1. The number of aliphatic imine (C=N–C) groups is 1. The molecule has 0 atom stereocenters. The molecule has 31 heavy (non-hydrogen) atoms. The summed E-state index contributed by atoms with van der Waals surface area (Å²) in [6, 6.07) is 18.7. The summed E-state index contributed by atoms with van der Waals surface area (Å²) in [4.78, 5) is 36.1. The quantitative estimate of drug-likeness (QED) is 0.656. The van der Waals surface area contributed by atoms with Gasteiger partial charge in [-0.2, -0.15) is 0 Å². The summed E-state index contributed by atoms with van der Waals surface area (Å²) >= 11 is 6.12. The first-order chi connectivity index (χ1) is 15.0. The first-order valence-electron chi connectivity index (χ1n) is 9.91. The van der Waals surface area contributed by atoms with Gasteiger partial charge in [0.25, 0.3) is 0 Å². The smallest absolute Gasteiger partial charge is 0.240 e. The van der Waals surface area contributed by atoms with Gasteiger partial charge in [-0.25, -0.2) is 9.98 Å². The fraction of sp³-hybridized carbons (Fsp3) is 0.167. The Morgan fingerprint density at radius 3 is 2.71 bits per heavy atom. The summed E-state index contributed by atoms with van der Waals surface area (Å²) in [5.74, 6) is -0.145. The third-order valence-electron chi connectivity index (χ3n) is 4.97. The lowest BCUT2D eigenvalue weighted by Gasteiger charge is -2.20. The van der Waals surface area contributed by atoms with E-state index in [0.29, 0.717) is 28.8 Å². The molecule has 1 aromatic heterocycles. The molecular formula is C24H21ClN4O2. The number of nitrogens with one attached hydrogen (secondary N) is 1. The number of fused-ring (bicyclic) bond motifs is 1. The van der Waals surface area contributed by atoms with Gasteiger partial charge in [0.2, 0.25) is 11.8 Å². The zero-order valence-electron chi connectivity index (χ0n) is 17.0. The number of hydrogen-bond acceptors (Lipinski definition) is 4. The molecule has 3 aromatic rings. The lowest BCUT2D eigenvalue weighted by Crippen LogP contribution is -2.41. The fourth-order valence-corrected chi connectivity index (χ4v) is 3.52. The minimum atomic E-state index is -0.267. The second-order valence-electron chi connectivity index (χ2n) is 7.33. The van der Waals surface area contributed by atoms with Gasteiger partial charge in [-0.05, 0) is 42.3 Å². The van der Waals surface area contributed by atoms with Crippen molar-refractivity contribution >= 4 is 40.6 Å². The molecule has 0 fully saturated rings. The average Bonchev–Trinajstić information content (AvgIpc) is 2.90. The van der Waals surface area contributed by atoms with Crippen LogP contribution in [0.15, 0.2) is 71.9 Å². The van der Waals surface area contributed by atoms with E-state index in [9.17, 15) is 9.59 Å². The van der Waals surface area contributed by atoms with Gasteiger partial charge in [0, 0.05) is 17.8 Å². The molecule has 4 rings (SSSR count). The maximum atomic E-state index is 13.1. The summed E-state index contributed by atoms with van der Waals surface area (Å²) in [6.07, 6.45) is 1.63. The molecule has 0 bridgehead atoms. The molecule has 7 heteroatoms. The predicted molar refractivity (Wildman–Crippen MR) is 122 cm³/mol. The number of halogens is 1. The molecule has 156 valence electrons. The van der Waals surface area contributed by atoms with Crippen molar-refractivity contribution in [2.45, 2.75) is 19.9 Å². The molecule has 6 nitrogen and oxygen atoms in total. The highest BCUT2D eigenvalue weighted by atomic mass is 35.5. The molecular weight excluding hydrogens is 412 g/mol. The summed E-state index contributed by atoms with van der Waals surface area (Å²) in [5.41, 5.74) is 4.04. The van der Waals surface area contributed by atoms with E-state index in [0.717, 1.165) is 16.7 Å². The monoisotopic (exact) mass is 432 g/mol. The Morgan fingerprint density at radius 1 is 1.13 bits per heavy atom. The average molecular weight is 433 g/mol. The summed E-state index contributed by atoms with van der Waals surface area (Å²) in [5, 5.41) is 3.44. The standard InChI is InChI=1S/C24H21ClN4O2/c1-16-7-9-17(10-8-16)14-27-22(30)15-29-23(31)13-21(18-4-2-5-19(25)12-18)28-20-6-3-11-26-24(20)29/h2-12H,13-15H2,1H3,(H,27,30). The Labute approximate surface area is 185 Å². The number of hydrogen-bond donors (Lipinski definition) is 1. The number of rotatable bonds is 5. The Balaban J connectivity index is 1.54. The van der Waals surface area contributed by atoms with Crippen molar-refractivity contribution in [1.82, 2.24) is 10.3 Å². The zero-order chi connectivity index (χ0) is 21.8. The maximum Gasteiger partial charge on any atom is 0.240 e. The lowest BCUT2D eigenvalue weighted by molar-refractivity contribution is -0.123. The number of aromatic nitrogens is 1. The number of nitrogens with zero attached hydrogens (tertiary/aromatic N) is 3. The molecule has 1 aliphatic rings. The van der Waals surface area contributed by atoms with Gasteiger partial charge in [-0.3, -0.25) is 14.5 Å². The second-order valence-corrected chi connectivity index (χ2v) is 7.77. The number of aryl methyl sites for hydroxylation is 1. The van der Waals surface area contributed by atoms with Crippen LogP contribution in [0, 0.1) is 6.92 Å². The van der Waals surface area contributed by atoms with E-state index in [1.54, 1.807) is 30.5 Å². The molecule has 0 spiro atoms. The van der Waals surface area contributed by atoms with E-state index in [2.05, 4.69) is 15.3 Å². The van der Waals surface area contributed by atoms with Gasteiger partial charge in [-0.1, -0.05) is 53.6 Å². The molecule has 0 unspecified atom stereocenters. The molecule has 2 heterocycles. The van der Waals surface area contributed by atoms with E-state index in [4.69, 9.17) is 11.6 Å². The van der Waals surface area contributed by atoms with E-state index in [-0.39, 0.29) is 24.8 Å². The highest BCUT2D eigenvalue weighted by Gasteiger charge is 2.27. The number of carbonyl (C=O) groups is 2. The number of anilines is 1. The topological polar surface area (TPSA) is 74.7 Å². The Kier molecular flexibility index (Phi) is 6.09. The molecule has 0 saturated heterocycles. The van der Waals surface area contributed by atoms with Crippen molar-refractivity contribution in [3.8, 4) is 0 Å². The van der Waals surface area contributed by atoms with Gasteiger partial charge in [-0.15, -0.1) is 0 Å². The van der Waals surface area contributed by atoms with Crippen LogP contribution in [0.3, 0.4) is 0 Å². The normalized spacial score (nSPS) is 13.3. The molecule has 0 radical (unpaired) electrons. The van der Waals surface area contributed by atoms with E-state index < -0.39 is 0 Å². The third kappa shape index (κ3) is 4.98. The molecule has 2 aromatic carbocycles. The van der Waals surface area contributed by atoms with Crippen LogP contribution in [0.4, 0.5) is 11.5 Å². The highest BCUT2D eigenvalue weighted by Crippen LogP contribution is 2.31. The SMILES string of the molecule is Cc1ccc(CNC(=O)CN2C(=O)CC(c3cccc(Cl)c3)=Nc3cccnc32)cc1. The van der Waals surface area contributed by atoms with Crippen LogP contribution in [0.2, 0.25) is 5.02 Å². The zero-order valence-corrected chi connectivity index (χ0v) is 17.8. The highest BCUT2D eigenvalue weighted by molar-refractivity contribution is 6.31. The van der Waals surface area contributed by atoms with Crippen molar-refractivity contribution in [2.24, 2.45) is 4.99 Å². The number of benzene rings is 2. The Morgan fingerprint density at radius 2 is 1.94 bits per heavy atom. The molecule has 0 saturated carbocycles. The van der Waals surface area contributed by atoms with Crippen LogP contribution in [-0.4, -0.2) is 29.1 Å². The number of pyridine rings is 1. The van der Waals surface area contributed by atoms with Crippen LogP contribution >= 0.6 is 11.6 Å². The van der Waals surface area contributed by atoms with Crippen LogP contribution in [0.25, 0.3) is 0 Å². The third-order valence-corrected chi connectivity index (χ3v) is 5.20. The van der Waals surface area contributed by atoms with Gasteiger partial charge in [0.1, 0.15) is 12.2 Å². The van der Waals surface area contributed by atoms with Crippen LogP contribution in [0.5, 0.6) is 0 Å². The van der Waals surface area contributed by atoms with Gasteiger partial charge in [0.05, 0.1) is 12.1 Å². The molecule has 1 N–H and O–H groups in total. The summed E-state index contributed by atoms with van der Waals surface area (Å²) in [7, 11) is 0. The number of amides is 2. The van der Waals surface area contributed by atoms with Crippen LogP contribution in [-0.2, 0) is 16.1 Å². The minimum absolute atomic E-state index is 0.0436. The first-order valence-corrected chi connectivity index (χ1v) is 10.3. The van der Waals surface area contributed by atoms with Crippen molar-refractivity contribution in [3.05, 3.63) is 88.6 Å². The maximum absolute atomic E-state index is 13.1. The van der Waals surface area contributed by atoms with Crippen molar-refractivity contribution < 1.29 is 9.59 Å². The summed E-state index contributed by atoms with van der Waals surface area (Å²) in [6.45, 7) is 2.27.